The number of nitrogens with zero attached hydrogens (tertiary/aromatic N) is 5. The van der Waals surface area contributed by atoms with Crippen LogP contribution in [0.1, 0.15) is 25.5 Å². The first-order chi connectivity index (χ1) is 11.3. The summed E-state index contributed by atoms with van der Waals surface area (Å²) >= 11 is 0. The van der Waals surface area contributed by atoms with E-state index in [1.165, 1.54) is 5.56 Å². The van der Waals surface area contributed by atoms with Gasteiger partial charge in [-0.15, -0.1) is 5.10 Å². The molecule has 6 heteroatoms. The van der Waals surface area contributed by atoms with Gasteiger partial charge in [-0.2, -0.15) is 10.1 Å². The van der Waals surface area contributed by atoms with Crippen LogP contribution in [0.5, 0.6) is 0 Å². The van der Waals surface area contributed by atoms with E-state index in [0.29, 0.717) is 5.95 Å². The minimum Gasteiger partial charge on any atom is -0.362 e. The second kappa shape index (κ2) is 7.37. The molecule has 0 radical (unpaired) electrons. The largest absolute Gasteiger partial charge is 0.362 e. The first-order valence-corrected chi connectivity index (χ1v) is 8.24. The molecule has 1 N–H and O–H groups in total. The van der Waals surface area contributed by atoms with Crippen LogP contribution in [0.2, 0.25) is 0 Å². The molecule has 1 fully saturated rings. The van der Waals surface area contributed by atoms with Gasteiger partial charge in [0.25, 0.3) is 0 Å². The van der Waals surface area contributed by atoms with Gasteiger partial charge in [0.05, 0.1) is 6.20 Å². The van der Waals surface area contributed by atoms with Crippen LogP contribution in [-0.4, -0.2) is 52.8 Å². The second-order valence-electron chi connectivity index (χ2n) is 5.84. The molecule has 0 amide bonds. The van der Waals surface area contributed by atoms with Gasteiger partial charge < -0.3 is 15.1 Å². The molecule has 1 unspecified atom stereocenters. The van der Waals surface area contributed by atoms with E-state index in [4.69, 9.17) is 0 Å². The topological polar surface area (TPSA) is 57.2 Å². The molecule has 1 atom stereocenters. The minimum atomic E-state index is 0.178. The van der Waals surface area contributed by atoms with Gasteiger partial charge in [-0.25, -0.2) is 0 Å². The standard InChI is InChI=1S/C17H24N6/c1-3-22-9-11-23(12-10-22)17-20-16(13-18-21-17)19-14(2)15-7-5-4-6-8-15/h4-8,13-14H,3,9-12H2,1-2H3,(H,19,20,21). The van der Waals surface area contributed by atoms with Crippen molar-refractivity contribution in [3.8, 4) is 0 Å². The van der Waals surface area contributed by atoms with Gasteiger partial charge in [0.15, 0.2) is 5.82 Å². The van der Waals surface area contributed by atoms with Crippen LogP contribution in [0.4, 0.5) is 11.8 Å². The molecule has 1 aromatic carbocycles. The first-order valence-electron chi connectivity index (χ1n) is 8.24. The summed E-state index contributed by atoms with van der Waals surface area (Å²) in [5.41, 5.74) is 1.23. The van der Waals surface area contributed by atoms with E-state index in [2.05, 4.69) is 56.3 Å². The summed E-state index contributed by atoms with van der Waals surface area (Å²) in [6.07, 6.45) is 1.69. The Balaban J connectivity index is 1.66. The number of hydrogen-bond donors (Lipinski definition) is 1. The normalized spacial score (nSPS) is 17.0. The fraction of sp³-hybridized carbons (Fsp3) is 0.471. The Bertz CT molecular complexity index is 609. The number of nitrogens with one attached hydrogen (secondary N) is 1. The lowest BCUT2D eigenvalue weighted by atomic mass is 10.1. The molecule has 0 aliphatic carbocycles. The van der Waals surface area contributed by atoms with Gasteiger partial charge in [-0.05, 0) is 19.0 Å². The molecule has 3 rings (SSSR count). The molecular weight excluding hydrogens is 288 g/mol. The van der Waals surface area contributed by atoms with Crippen LogP contribution in [0.3, 0.4) is 0 Å². The van der Waals surface area contributed by atoms with Gasteiger partial charge >= 0.3 is 0 Å². The van der Waals surface area contributed by atoms with Gasteiger partial charge in [0, 0.05) is 32.2 Å². The van der Waals surface area contributed by atoms with Crippen molar-refractivity contribution in [3.63, 3.8) is 0 Å². The van der Waals surface area contributed by atoms with Crippen molar-refractivity contribution in [2.45, 2.75) is 19.9 Å². The van der Waals surface area contributed by atoms with Crippen LogP contribution >= 0.6 is 0 Å². The summed E-state index contributed by atoms with van der Waals surface area (Å²) in [7, 11) is 0. The van der Waals surface area contributed by atoms with Gasteiger partial charge in [0.1, 0.15) is 0 Å². The maximum atomic E-state index is 4.64. The lowest BCUT2D eigenvalue weighted by molar-refractivity contribution is 0.269. The zero-order valence-corrected chi connectivity index (χ0v) is 13.8. The van der Waals surface area contributed by atoms with E-state index >= 15 is 0 Å². The molecule has 0 spiro atoms. The molecule has 1 aliphatic rings. The molecule has 0 saturated carbocycles. The SMILES string of the molecule is CCN1CCN(c2nncc(NC(C)c3ccccc3)n2)CC1. The smallest absolute Gasteiger partial charge is 0.247 e. The minimum absolute atomic E-state index is 0.178. The van der Waals surface area contributed by atoms with E-state index in [1.54, 1.807) is 6.20 Å². The van der Waals surface area contributed by atoms with Crippen LogP contribution in [0.25, 0.3) is 0 Å². The lowest BCUT2D eigenvalue weighted by Gasteiger charge is -2.33. The highest BCUT2D eigenvalue weighted by Gasteiger charge is 2.18. The maximum absolute atomic E-state index is 4.64. The number of rotatable bonds is 5. The summed E-state index contributed by atoms with van der Waals surface area (Å²) < 4.78 is 0. The number of aromatic nitrogens is 3. The molecule has 6 nitrogen and oxygen atoms in total. The Labute approximate surface area is 137 Å². The number of anilines is 2. The van der Waals surface area contributed by atoms with Crippen LogP contribution in [-0.2, 0) is 0 Å². The monoisotopic (exact) mass is 312 g/mol. The molecule has 122 valence electrons. The summed E-state index contributed by atoms with van der Waals surface area (Å²) in [6.45, 7) is 9.43. The highest BCUT2D eigenvalue weighted by molar-refractivity contribution is 5.41. The molecule has 1 aliphatic heterocycles. The molecule has 0 bridgehead atoms. The number of benzene rings is 1. The summed E-state index contributed by atoms with van der Waals surface area (Å²) in [5.74, 6) is 1.48. The van der Waals surface area contributed by atoms with Crippen molar-refractivity contribution in [2.75, 3.05) is 42.9 Å². The Morgan fingerprint density at radius 1 is 1.13 bits per heavy atom. The average molecular weight is 312 g/mol. The predicted molar refractivity (Wildman–Crippen MR) is 92.6 cm³/mol. The number of piperazine rings is 1. The van der Waals surface area contributed by atoms with Crippen LogP contribution < -0.4 is 10.2 Å². The number of hydrogen-bond acceptors (Lipinski definition) is 6. The lowest BCUT2D eigenvalue weighted by Crippen LogP contribution is -2.46. The maximum Gasteiger partial charge on any atom is 0.247 e. The average Bonchev–Trinajstić information content (AvgIpc) is 2.63. The Morgan fingerprint density at radius 3 is 2.57 bits per heavy atom. The van der Waals surface area contributed by atoms with E-state index in [1.807, 2.05) is 18.2 Å². The van der Waals surface area contributed by atoms with Gasteiger partial charge in [-0.3, -0.25) is 0 Å². The quantitative estimate of drug-likeness (QED) is 0.913. The van der Waals surface area contributed by atoms with E-state index in [9.17, 15) is 0 Å². The fourth-order valence-corrected chi connectivity index (χ4v) is 2.81. The van der Waals surface area contributed by atoms with E-state index in [0.717, 1.165) is 38.5 Å². The highest BCUT2D eigenvalue weighted by atomic mass is 15.4. The van der Waals surface area contributed by atoms with Crippen molar-refractivity contribution in [1.29, 1.82) is 0 Å². The van der Waals surface area contributed by atoms with E-state index in [-0.39, 0.29) is 6.04 Å². The Hall–Kier alpha value is -2.21. The third-order valence-electron chi connectivity index (χ3n) is 4.31. The van der Waals surface area contributed by atoms with Crippen LogP contribution in [0.15, 0.2) is 36.5 Å². The van der Waals surface area contributed by atoms with Gasteiger partial charge in [-0.1, -0.05) is 37.3 Å². The van der Waals surface area contributed by atoms with E-state index < -0.39 is 0 Å². The summed E-state index contributed by atoms with van der Waals surface area (Å²) in [6, 6.07) is 10.5. The molecular formula is C17H24N6. The molecule has 23 heavy (non-hydrogen) atoms. The third kappa shape index (κ3) is 3.96. The molecule has 1 aromatic heterocycles. The highest BCUT2D eigenvalue weighted by Crippen LogP contribution is 2.18. The molecule has 2 heterocycles. The number of likely N-dealkylation sites (N-methyl/N-ethyl adjacent to an activating group) is 1. The Kier molecular flexibility index (Phi) is 5.02. The molecule has 2 aromatic rings. The second-order valence-corrected chi connectivity index (χ2v) is 5.84. The van der Waals surface area contributed by atoms with Crippen molar-refractivity contribution >= 4 is 11.8 Å². The third-order valence-corrected chi connectivity index (χ3v) is 4.31. The van der Waals surface area contributed by atoms with Crippen LogP contribution in [0, 0.1) is 0 Å². The zero-order chi connectivity index (χ0) is 16.1. The van der Waals surface area contributed by atoms with Crippen molar-refractivity contribution < 1.29 is 0 Å². The first kappa shape index (κ1) is 15.7. The van der Waals surface area contributed by atoms with Crippen molar-refractivity contribution in [3.05, 3.63) is 42.1 Å². The van der Waals surface area contributed by atoms with Crippen molar-refractivity contribution in [2.24, 2.45) is 0 Å². The Morgan fingerprint density at radius 2 is 1.87 bits per heavy atom. The summed E-state index contributed by atoms with van der Waals surface area (Å²) in [5, 5.41) is 11.7. The van der Waals surface area contributed by atoms with Gasteiger partial charge in [0.2, 0.25) is 5.95 Å². The molecule has 1 saturated heterocycles. The predicted octanol–water partition coefficient (Wildman–Crippen LogP) is 2.19. The van der Waals surface area contributed by atoms with Crippen molar-refractivity contribution in [1.82, 2.24) is 20.1 Å². The summed E-state index contributed by atoms with van der Waals surface area (Å²) in [4.78, 5) is 9.28. The fourth-order valence-electron chi connectivity index (χ4n) is 2.81. The zero-order valence-electron chi connectivity index (χ0n) is 13.8.